The summed E-state index contributed by atoms with van der Waals surface area (Å²) >= 11 is 0. The lowest BCUT2D eigenvalue weighted by Crippen LogP contribution is -2.50. The molecule has 2 aliphatic rings. The molecule has 15 nitrogen and oxygen atoms in total. The number of amides is 3. The third-order valence-electron chi connectivity index (χ3n) is 11.1. The van der Waals surface area contributed by atoms with Crippen LogP contribution in [-0.2, 0) is 9.59 Å². The zero-order valence-electron chi connectivity index (χ0n) is 34.1. The first kappa shape index (κ1) is 41.2. The van der Waals surface area contributed by atoms with Crippen molar-refractivity contribution in [2.45, 2.75) is 77.5 Å². The van der Waals surface area contributed by atoms with E-state index in [1.165, 1.54) is 0 Å². The van der Waals surface area contributed by atoms with Gasteiger partial charge in [-0.2, -0.15) is 5.26 Å². The third kappa shape index (κ3) is 9.18. The monoisotopic (exact) mass is 810 g/mol. The largest absolute Gasteiger partial charge is 0.465 e. The maximum Gasteiger partial charge on any atom is 0.405 e. The summed E-state index contributed by atoms with van der Waals surface area (Å²) in [5, 5.41) is 23.5. The third-order valence-corrected chi connectivity index (χ3v) is 11.1. The number of likely N-dealkylation sites (tertiary alicyclic amines) is 2. The Labute approximate surface area is 348 Å². The molecule has 1 unspecified atom stereocenters. The maximum atomic E-state index is 14.0. The molecule has 5 N–H and O–H groups in total. The molecule has 3 amide bonds. The highest BCUT2D eigenvalue weighted by molar-refractivity contribution is 5.87. The zero-order valence-corrected chi connectivity index (χ0v) is 34.1. The molecule has 2 aromatic heterocycles. The van der Waals surface area contributed by atoms with Crippen LogP contribution in [-0.4, -0.2) is 83.9 Å². The number of H-pyrrole nitrogens is 2. The van der Waals surface area contributed by atoms with E-state index in [4.69, 9.17) is 9.72 Å². The van der Waals surface area contributed by atoms with Gasteiger partial charge in [0.1, 0.15) is 29.5 Å². The summed E-state index contributed by atoms with van der Waals surface area (Å²) in [4.78, 5) is 63.2. The number of amidine groups is 1. The number of para-hydroxylation sites is 1. The molecule has 0 bridgehead atoms. The molecule has 2 saturated heterocycles. The van der Waals surface area contributed by atoms with Crippen LogP contribution >= 0.6 is 0 Å². The van der Waals surface area contributed by atoms with Crippen molar-refractivity contribution in [2.75, 3.05) is 13.1 Å². The molecule has 3 aromatic carbocycles. The number of imidazole rings is 2. The molecular weight excluding hydrogens is 761 g/mol. The average molecular weight is 811 g/mol. The number of aromatic nitrogens is 4. The molecule has 60 heavy (non-hydrogen) atoms. The fourth-order valence-corrected chi connectivity index (χ4v) is 7.96. The van der Waals surface area contributed by atoms with Gasteiger partial charge >= 0.3 is 12.1 Å². The Kier molecular flexibility index (Phi) is 12.6. The van der Waals surface area contributed by atoms with Gasteiger partial charge < -0.3 is 34.9 Å². The molecule has 2 aliphatic heterocycles. The Balaban J connectivity index is 1.00. The van der Waals surface area contributed by atoms with Crippen LogP contribution in [0.2, 0.25) is 0 Å². The number of benzene rings is 3. The van der Waals surface area contributed by atoms with E-state index >= 15 is 0 Å². The Morgan fingerprint density at radius 2 is 1.27 bits per heavy atom. The van der Waals surface area contributed by atoms with Crippen LogP contribution in [0.1, 0.15) is 77.1 Å². The van der Waals surface area contributed by atoms with Crippen LogP contribution in [0.5, 0.6) is 5.75 Å². The Bertz CT molecular complexity index is 2350. The van der Waals surface area contributed by atoms with E-state index in [1.807, 2.05) is 81.3 Å². The number of rotatable bonds is 12. The van der Waals surface area contributed by atoms with Gasteiger partial charge in [0.2, 0.25) is 11.8 Å². The van der Waals surface area contributed by atoms with E-state index in [-0.39, 0.29) is 41.8 Å². The van der Waals surface area contributed by atoms with Crippen molar-refractivity contribution in [3.63, 3.8) is 0 Å². The first-order chi connectivity index (χ1) is 29.0. The first-order valence-electron chi connectivity index (χ1n) is 20.4. The number of aliphatic imine (C=N–C) groups is 1. The number of carboxylic acid groups (broad SMARTS) is 1. The molecule has 7 rings (SSSR count). The summed E-state index contributed by atoms with van der Waals surface area (Å²) in [6.07, 6.45) is 7.37. The maximum absolute atomic E-state index is 14.0. The van der Waals surface area contributed by atoms with Gasteiger partial charge in [-0.05, 0) is 71.9 Å². The molecule has 2 fully saturated rings. The number of carbonyl (C=O) groups is 3. The second kappa shape index (κ2) is 18.3. The fraction of sp³-hybridized carbons (Fsp3) is 0.356. The molecule has 0 radical (unpaired) electrons. The minimum atomic E-state index is -1.22. The zero-order chi connectivity index (χ0) is 42.3. The number of nitriles is 1. The topological polar surface area (TPSA) is 205 Å². The molecule has 15 heteroatoms. The number of carbonyl (C=O) groups excluding carboxylic acids is 2. The minimum Gasteiger partial charge on any atom is -0.465 e. The van der Waals surface area contributed by atoms with Crippen molar-refractivity contribution < 1.29 is 24.2 Å². The summed E-state index contributed by atoms with van der Waals surface area (Å²) in [5.74, 6) is 1.16. The predicted octanol–water partition coefficient (Wildman–Crippen LogP) is 7.28. The number of nitrogens with zero attached hydrogens (tertiary/aromatic N) is 6. The normalized spacial score (nSPS) is 17.7. The lowest BCUT2D eigenvalue weighted by molar-refractivity contribution is -0.135. The standard InChI is InChI=1S/C45H50N10O5/c1-27(2)38(52-44(49-26-46)60-33-10-6-5-7-11-33)42(56)54-22-8-12-36(54)40-47-24-34(50-40)31-18-14-29(15-19-31)30-16-20-32(21-17-30)35-25-48-41(51-35)37-13-9-23-55(37)43(57)39(28(3)4)53-45(58)59/h5-7,10-11,14-21,24-25,27-28,36-39,53H,8-9,12-13,22-23H2,1-4H3,(H,47,50)(H,48,51)(H,49,52)(H,58,59)/t36-,37?,38-,39-/m0/s1. The Morgan fingerprint density at radius 3 is 1.73 bits per heavy atom. The van der Waals surface area contributed by atoms with Gasteiger partial charge in [-0.1, -0.05) is 94.4 Å². The lowest BCUT2D eigenvalue weighted by Gasteiger charge is -2.29. The summed E-state index contributed by atoms with van der Waals surface area (Å²) in [6, 6.07) is 23.3. The highest BCUT2D eigenvalue weighted by Gasteiger charge is 2.38. The number of nitrogens with one attached hydrogen (secondary N) is 4. The second-order valence-electron chi connectivity index (χ2n) is 15.8. The van der Waals surface area contributed by atoms with Crippen LogP contribution < -0.4 is 15.4 Å². The molecule has 4 atom stereocenters. The van der Waals surface area contributed by atoms with Crippen LogP contribution in [0.4, 0.5) is 4.79 Å². The van der Waals surface area contributed by atoms with E-state index < -0.39 is 18.2 Å². The highest BCUT2D eigenvalue weighted by atomic mass is 16.5. The lowest BCUT2D eigenvalue weighted by atomic mass is 10.0. The highest BCUT2D eigenvalue weighted by Crippen LogP contribution is 2.35. The Hall–Kier alpha value is -6.95. The second-order valence-corrected chi connectivity index (χ2v) is 15.8. The van der Waals surface area contributed by atoms with Crippen molar-refractivity contribution in [3.8, 4) is 45.6 Å². The molecule has 0 spiro atoms. The average Bonchev–Trinajstić information content (AvgIpc) is 4.09. The summed E-state index contributed by atoms with van der Waals surface area (Å²) in [6.45, 7) is 8.62. The molecule has 4 heterocycles. The van der Waals surface area contributed by atoms with Crippen molar-refractivity contribution in [1.82, 2.24) is 40.4 Å². The van der Waals surface area contributed by atoms with Gasteiger partial charge in [-0.3, -0.25) is 9.59 Å². The molecule has 310 valence electrons. The van der Waals surface area contributed by atoms with E-state index in [1.54, 1.807) is 29.4 Å². The van der Waals surface area contributed by atoms with Gasteiger partial charge in [-0.15, -0.1) is 0 Å². The van der Waals surface area contributed by atoms with Crippen molar-refractivity contribution >= 4 is 23.9 Å². The summed E-state index contributed by atoms with van der Waals surface area (Å²) in [7, 11) is 0. The van der Waals surface area contributed by atoms with Crippen LogP contribution in [0.3, 0.4) is 0 Å². The smallest absolute Gasteiger partial charge is 0.405 e. The minimum absolute atomic E-state index is 0.0320. The van der Waals surface area contributed by atoms with Gasteiger partial charge in [-0.25, -0.2) is 25.1 Å². The summed E-state index contributed by atoms with van der Waals surface area (Å²) < 4.78 is 5.82. The van der Waals surface area contributed by atoms with Crippen molar-refractivity contribution in [3.05, 3.63) is 103 Å². The molecule has 0 aliphatic carbocycles. The van der Waals surface area contributed by atoms with Crippen LogP contribution in [0, 0.1) is 23.3 Å². The van der Waals surface area contributed by atoms with Crippen LogP contribution in [0.15, 0.2) is 96.2 Å². The summed E-state index contributed by atoms with van der Waals surface area (Å²) in [5.41, 5.74) is 5.67. The number of ether oxygens (including phenoxy) is 1. The Morgan fingerprint density at radius 1 is 0.767 bits per heavy atom. The SMILES string of the molecule is CC(C)[C@H](N=C(NC#N)Oc1ccccc1)C(=O)N1CCC[C@H]1c1ncc(-c2ccc(-c3ccc(-c4cnc(C5CCCN5C(=O)[C@@H](NC(=O)O)C(C)C)[nH]4)cc3)cc2)[nH]1. The van der Waals surface area contributed by atoms with E-state index in [2.05, 4.69) is 54.8 Å². The fourth-order valence-electron chi connectivity index (χ4n) is 7.96. The van der Waals surface area contributed by atoms with Gasteiger partial charge in [0.25, 0.3) is 0 Å². The number of aromatic amines is 2. The van der Waals surface area contributed by atoms with Crippen molar-refractivity contribution in [2.24, 2.45) is 16.8 Å². The van der Waals surface area contributed by atoms with Gasteiger partial charge in [0.15, 0.2) is 6.19 Å². The van der Waals surface area contributed by atoms with Crippen LogP contribution in [0.25, 0.3) is 33.6 Å². The van der Waals surface area contributed by atoms with Gasteiger partial charge in [0.05, 0.1) is 35.9 Å². The van der Waals surface area contributed by atoms with E-state index in [0.717, 1.165) is 59.3 Å². The predicted molar refractivity (Wildman–Crippen MR) is 226 cm³/mol. The number of hydrogen-bond donors (Lipinski definition) is 5. The van der Waals surface area contributed by atoms with Gasteiger partial charge in [0, 0.05) is 13.1 Å². The first-order valence-corrected chi connectivity index (χ1v) is 20.4. The van der Waals surface area contributed by atoms with Crippen molar-refractivity contribution in [1.29, 1.82) is 5.26 Å². The molecule has 0 saturated carbocycles. The molecular formula is C45H50N10O5. The van der Waals surface area contributed by atoms with E-state index in [0.29, 0.717) is 30.5 Å². The quantitative estimate of drug-likeness (QED) is 0.0371. The molecule has 5 aromatic rings. The van der Waals surface area contributed by atoms with E-state index in [9.17, 15) is 24.8 Å². The number of hydrogen-bond acceptors (Lipinski definition) is 8.